The average molecular weight is 933 g/mol. The van der Waals surface area contributed by atoms with Crippen LogP contribution in [-0.4, -0.2) is 81.6 Å². The van der Waals surface area contributed by atoms with Gasteiger partial charge in [-0.15, -0.1) is 0 Å². The number of anilines is 4. The third-order valence-electron chi connectivity index (χ3n) is 11.4. The van der Waals surface area contributed by atoms with E-state index in [1.165, 1.54) is 96.8 Å². The Labute approximate surface area is 364 Å². The van der Waals surface area contributed by atoms with Crippen molar-refractivity contribution < 1.29 is 72.5 Å². The van der Waals surface area contributed by atoms with Gasteiger partial charge < -0.3 is 14.6 Å². The highest BCUT2D eigenvalue weighted by Gasteiger charge is 2.51. The van der Waals surface area contributed by atoms with Crippen LogP contribution in [0.5, 0.6) is 11.5 Å². The van der Waals surface area contributed by atoms with Crippen molar-refractivity contribution in [1.82, 2.24) is 0 Å². The zero-order valence-corrected chi connectivity index (χ0v) is 36.2. The van der Waals surface area contributed by atoms with Crippen molar-refractivity contribution in [2.75, 3.05) is 32.8 Å². The van der Waals surface area contributed by atoms with E-state index in [1.54, 1.807) is 13.8 Å². The number of nitrogens with zero attached hydrogens (tertiary/aromatic N) is 2. The summed E-state index contributed by atoms with van der Waals surface area (Å²) < 4.78 is 120. The number of hydrogen-bond donors (Lipinski definition) is 1. The Hall–Kier alpha value is -5.73. The van der Waals surface area contributed by atoms with E-state index in [1.807, 2.05) is 0 Å². The molecule has 2 fully saturated rings. The average Bonchev–Trinajstić information content (AvgIpc) is 3.49. The van der Waals surface area contributed by atoms with Crippen LogP contribution < -0.4 is 19.3 Å². The van der Waals surface area contributed by atoms with Gasteiger partial charge in [0.2, 0.25) is 5.67 Å². The van der Waals surface area contributed by atoms with Crippen LogP contribution in [0.2, 0.25) is 0 Å². The number of sulfone groups is 2. The summed E-state index contributed by atoms with van der Waals surface area (Å²) in [6.45, 7) is -0.285. The molecule has 0 aromatic heterocycles. The fourth-order valence-electron chi connectivity index (χ4n) is 8.78. The van der Waals surface area contributed by atoms with E-state index in [4.69, 9.17) is 0 Å². The highest BCUT2D eigenvalue weighted by Crippen LogP contribution is 2.49. The maximum atomic E-state index is 15.5. The molecular weight excluding hydrogens is 892 g/mol. The molecular formula is C44H41F5N2O11S2. The number of halogens is 5. The molecule has 0 spiro atoms. The first-order valence-corrected chi connectivity index (χ1v) is 23.2. The molecule has 0 saturated carbocycles. The topological polar surface area (TPSA) is 182 Å². The standard InChI is InChI=1S/C22H20F3NO5S.C22H21F2NO6S/c1-21(11-32(29,30)12-21)10-18(27)13-6-7-17-16(8-13)22(2,25)19(28)26(17)14-4-3-5-15(9-14)31-20(23)24;1-21(11-32(29,30)12-21)10-18(26)13-6-7-17-16(8-13)22(2,28)19(27)25(17)14-4-3-5-15(9-14)31-20(23)24/h3-9,20H,10-12H2,1-2H3;3-9,20,28H,10-12H2,1-2H3. The number of ether oxygens (including phenoxy) is 2. The molecule has 4 aliphatic heterocycles. The number of hydrogen-bond acceptors (Lipinski definition) is 11. The maximum absolute atomic E-state index is 15.5. The minimum Gasteiger partial charge on any atom is -0.435 e. The quantitative estimate of drug-likeness (QED) is 0.111. The first kappa shape index (κ1) is 46.3. The smallest absolute Gasteiger partial charge is 0.387 e. The molecule has 0 bridgehead atoms. The van der Waals surface area contributed by atoms with Gasteiger partial charge in [-0.05, 0) is 74.5 Å². The molecule has 20 heteroatoms. The van der Waals surface area contributed by atoms with Gasteiger partial charge in [0.25, 0.3) is 11.8 Å². The Bertz CT molecular complexity index is 2620. The summed E-state index contributed by atoms with van der Waals surface area (Å²) in [5, 5.41) is 10.9. The molecule has 1 N–H and O–H groups in total. The van der Waals surface area contributed by atoms with E-state index < -0.39 is 66.8 Å². The summed E-state index contributed by atoms with van der Waals surface area (Å²) in [5.74, 6) is -2.88. The molecule has 64 heavy (non-hydrogen) atoms. The van der Waals surface area contributed by atoms with Crippen LogP contribution in [0.25, 0.3) is 0 Å². The van der Waals surface area contributed by atoms with Gasteiger partial charge in [0, 0.05) is 58.1 Å². The van der Waals surface area contributed by atoms with Crippen molar-refractivity contribution in [2.45, 2.75) is 65.0 Å². The largest absolute Gasteiger partial charge is 0.435 e. The van der Waals surface area contributed by atoms with Gasteiger partial charge in [0.05, 0.1) is 45.8 Å². The lowest BCUT2D eigenvalue weighted by atomic mass is 9.85. The summed E-state index contributed by atoms with van der Waals surface area (Å²) in [5.41, 5.74) is -4.26. The third kappa shape index (κ3) is 8.99. The number of aliphatic hydroxyl groups is 1. The van der Waals surface area contributed by atoms with E-state index in [2.05, 4.69) is 9.47 Å². The number of amides is 2. The Morgan fingerprint density at radius 2 is 1.02 bits per heavy atom. The van der Waals surface area contributed by atoms with Gasteiger partial charge in [-0.3, -0.25) is 29.0 Å². The predicted octanol–water partition coefficient (Wildman–Crippen LogP) is 7.34. The summed E-state index contributed by atoms with van der Waals surface area (Å²) >= 11 is 0. The van der Waals surface area contributed by atoms with Crippen LogP contribution in [0, 0.1) is 10.8 Å². The summed E-state index contributed by atoms with van der Waals surface area (Å²) in [6.07, 6.45) is 0.0104. The molecule has 8 rings (SSSR count). The van der Waals surface area contributed by atoms with E-state index in [0.29, 0.717) is 5.69 Å². The lowest BCUT2D eigenvalue weighted by molar-refractivity contribution is -0.133. The molecule has 2 amide bonds. The molecule has 4 heterocycles. The molecule has 0 radical (unpaired) electrons. The maximum Gasteiger partial charge on any atom is 0.387 e. The number of benzene rings is 4. The molecule has 0 aliphatic carbocycles. The Kier molecular flexibility index (Phi) is 11.6. The zero-order valence-electron chi connectivity index (χ0n) is 34.6. The number of rotatable bonds is 12. The zero-order chi connectivity index (χ0) is 46.9. The van der Waals surface area contributed by atoms with Crippen LogP contribution in [0.15, 0.2) is 84.9 Å². The fourth-order valence-corrected chi connectivity index (χ4v) is 13.3. The van der Waals surface area contributed by atoms with E-state index in [0.717, 1.165) is 11.8 Å². The van der Waals surface area contributed by atoms with E-state index in [9.17, 15) is 58.7 Å². The number of fused-ring (bicyclic) bond motifs is 2. The second-order valence-electron chi connectivity index (χ2n) is 17.5. The summed E-state index contributed by atoms with van der Waals surface area (Å²) in [4.78, 5) is 53.6. The first-order chi connectivity index (χ1) is 29.6. The van der Waals surface area contributed by atoms with Crippen LogP contribution in [0.1, 0.15) is 72.4 Å². The highest BCUT2D eigenvalue weighted by atomic mass is 32.2. The Morgan fingerprint density at radius 3 is 1.42 bits per heavy atom. The molecule has 4 aliphatic rings. The monoisotopic (exact) mass is 932 g/mol. The SMILES string of the molecule is CC1(CC(=O)c2ccc3c(c2)C(C)(F)C(=O)N3c2cccc(OC(F)F)c2)CS(=O)(=O)C1.CC1(CC(=O)c2ccc3c(c2)C(C)(O)C(=O)N3c2cccc(OC(F)F)c2)CS(=O)(=O)C1. The first-order valence-electron chi connectivity index (χ1n) is 19.6. The Morgan fingerprint density at radius 1 is 0.625 bits per heavy atom. The number of Topliss-reactive ketones (excluding diaryl/α,β-unsaturated/α-hetero) is 2. The van der Waals surface area contributed by atoms with Crippen molar-refractivity contribution in [3.63, 3.8) is 0 Å². The van der Waals surface area contributed by atoms with Crippen molar-refractivity contribution >= 4 is 65.8 Å². The predicted molar refractivity (Wildman–Crippen MR) is 223 cm³/mol. The minimum absolute atomic E-state index is 0.0152. The van der Waals surface area contributed by atoms with Crippen LogP contribution in [-0.2, 0) is 40.5 Å². The van der Waals surface area contributed by atoms with Crippen molar-refractivity contribution in [3.05, 3.63) is 107 Å². The molecule has 2 saturated heterocycles. The number of carbonyl (C=O) groups is 4. The molecule has 4 aromatic carbocycles. The van der Waals surface area contributed by atoms with Crippen LogP contribution in [0.3, 0.4) is 0 Å². The molecule has 2 atom stereocenters. The fraction of sp³-hybridized carbons (Fsp3) is 0.364. The second-order valence-corrected chi connectivity index (χ2v) is 21.6. The third-order valence-corrected chi connectivity index (χ3v) is 16.0. The minimum atomic E-state index is -3.12. The van der Waals surface area contributed by atoms with Gasteiger partial charge in [-0.1, -0.05) is 26.0 Å². The van der Waals surface area contributed by atoms with Gasteiger partial charge in [0.1, 0.15) is 11.5 Å². The lowest BCUT2D eigenvalue weighted by Gasteiger charge is -2.37. The molecule has 13 nitrogen and oxygen atoms in total. The van der Waals surface area contributed by atoms with E-state index in [-0.39, 0.29) is 98.2 Å². The molecule has 340 valence electrons. The second kappa shape index (κ2) is 16.1. The highest BCUT2D eigenvalue weighted by molar-refractivity contribution is 7.93. The van der Waals surface area contributed by atoms with Crippen molar-refractivity contribution in [3.8, 4) is 11.5 Å². The van der Waals surface area contributed by atoms with Crippen LogP contribution in [0.4, 0.5) is 44.7 Å². The lowest BCUT2D eigenvalue weighted by Crippen LogP contribution is -2.47. The molecule has 4 aromatic rings. The normalized spacial score (nSPS) is 23.1. The number of ketones is 2. The Balaban J connectivity index is 0.000000191. The van der Waals surface area contributed by atoms with Gasteiger partial charge >= 0.3 is 13.2 Å². The summed E-state index contributed by atoms with van der Waals surface area (Å²) in [7, 11) is -6.22. The van der Waals surface area contributed by atoms with E-state index >= 15 is 4.39 Å². The van der Waals surface area contributed by atoms with Crippen molar-refractivity contribution in [2.24, 2.45) is 10.8 Å². The van der Waals surface area contributed by atoms with Gasteiger partial charge in [0.15, 0.2) is 36.8 Å². The number of carbonyl (C=O) groups excluding carboxylic acids is 4. The van der Waals surface area contributed by atoms with Gasteiger partial charge in [-0.25, -0.2) is 21.2 Å². The molecule has 2 unspecified atom stereocenters. The van der Waals surface area contributed by atoms with Gasteiger partial charge in [-0.2, -0.15) is 17.6 Å². The van der Waals surface area contributed by atoms with Crippen molar-refractivity contribution in [1.29, 1.82) is 0 Å². The van der Waals surface area contributed by atoms with Crippen LogP contribution >= 0.6 is 0 Å². The summed E-state index contributed by atoms with van der Waals surface area (Å²) in [6, 6.07) is 19.5. The number of alkyl halides is 5.